The number of hydrogen-bond donors (Lipinski definition) is 1. The van der Waals surface area contributed by atoms with Gasteiger partial charge in [-0.2, -0.15) is 0 Å². The van der Waals surface area contributed by atoms with E-state index in [9.17, 15) is 0 Å². The van der Waals surface area contributed by atoms with Gasteiger partial charge < -0.3 is 5.32 Å². The maximum atomic E-state index is 4.36. The number of rotatable bonds is 2. The number of nitrogens with zero attached hydrogens (tertiary/aromatic N) is 1. The van der Waals surface area contributed by atoms with Gasteiger partial charge in [-0.05, 0) is 17.0 Å². The normalized spacial score (nSPS) is 9.95. The Labute approximate surface area is 118 Å². The first-order chi connectivity index (χ1) is 8.90. The quantitative estimate of drug-likeness (QED) is 0.748. The summed E-state index contributed by atoms with van der Waals surface area (Å²) < 4.78 is 0. The van der Waals surface area contributed by atoms with Gasteiger partial charge in [-0.25, -0.2) is 0 Å². The van der Waals surface area contributed by atoms with Crippen molar-refractivity contribution in [1.29, 1.82) is 0 Å². The van der Waals surface area contributed by atoms with E-state index in [2.05, 4.69) is 52.8 Å². The number of benzene rings is 2. The predicted octanol–water partition coefficient (Wildman–Crippen LogP) is 4.37. The average Bonchev–Trinajstić information content (AvgIpc) is 2.47. The standard InChI is InChI=1S/C16H14N2.ClH/c1-17-16-9-5-8-13-14(10-18-11-15(13)16)12-6-3-2-4-7-12;/h2-11,17H,1H3;1H. The molecule has 1 aromatic heterocycles. The molecule has 0 saturated heterocycles. The Bertz CT molecular complexity index is 681. The van der Waals surface area contributed by atoms with Gasteiger partial charge in [-0.3, -0.25) is 4.98 Å². The molecule has 19 heavy (non-hydrogen) atoms. The van der Waals surface area contributed by atoms with E-state index in [4.69, 9.17) is 0 Å². The van der Waals surface area contributed by atoms with Crippen molar-refractivity contribution in [1.82, 2.24) is 4.98 Å². The third-order valence-electron chi connectivity index (χ3n) is 3.16. The summed E-state index contributed by atoms with van der Waals surface area (Å²) in [5.41, 5.74) is 3.48. The highest BCUT2D eigenvalue weighted by molar-refractivity contribution is 6.02. The van der Waals surface area contributed by atoms with Crippen LogP contribution in [0.2, 0.25) is 0 Å². The van der Waals surface area contributed by atoms with Gasteiger partial charge in [0.05, 0.1) is 0 Å². The van der Waals surface area contributed by atoms with E-state index in [0.29, 0.717) is 0 Å². The highest BCUT2D eigenvalue weighted by Gasteiger charge is 2.06. The lowest BCUT2D eigenvalue weighted by molar-refractivity contribution is 1.36. The van der Waals surface area contributed by atoms with Gasteiger partial charge in [0, 0.05) is 36.1 Å². The molecule has 96 valence electrons. The zero-order valence-electron chi connectivity index (χ0n) is 10.6. The Hall–Kier alpha value is -2.06. The Morgan fingerprint density at radius 1 is 0.842 bits per heavy atom. The molecular weight excluding hydrogens is 256 g/mol. The summed E-state index contributed by atoms with van der Waals surface area (Å²) >= 11 is 0. The van der Waals surface area contributed by atoms with E-state index >= 15 is 0 Å². The van der Waals surface area contributed by atoms with Gasteiger partial charge in [0.15, 0.2) is 0 Å². The second-order valence-corrected chi connectivity index (χ2v) is 4.20. The molecule has 0 bridgehead atoms. The topological polar surface area (TPSA) is 24.9 Å². The molecular formula is C16H15ClN2. The molecule has 0 fully saturated rings. The van der Waals surface area contributed by atoms with Gasteiger partial charge in [0.25, 0.3) is 0 Å². The summed E-state index contributed by atoms with van der Waals surface area (Å²) in [6.07, 6.45) is 3.84. The van der Waals surface area contributed by atoms with E-state index in [1.54, 1.807) is 0 Å². The highest BCUT2D eigenvalue weighted by atomic mass is 35.5. The molecule has 0 saturated carbocycles. The summed E-state index contributed by atoms with van der Waals surface area (Å²) in [7, 11) is 1.93. The third kappa shape index (κ3) is 2.40. The predicted molar refractivity (Wildman–Crippen MR) is 84.0 cm³/mol. The number of halogens is 1. The maximum absolute atomic E-state index is 4.36. The van der Waals surface area contributed by atoms with Crippen LogP contribution in [0.3, 0.4) is 0 Å². The summed E-state index contributed by atoms with van der Waals surface area (Å²) in [5.74, 6) is 0. The smallest absolute Gasteiger partial charge is 0.0433 e. The summed E-state index contributed by atoms with van der Waals surface area (Å²) in [6.45, 7) is 0. The fourth-order valence-electron chi connectivity index (χ4n) is 2.26. The molecule has 0 spiro atoms. The molecule has 1 N–H and O–H groups in total. The molecule has 0 aliphatic rings. The molecule has 2 aromatic carbocycles. The van der Waals surface area contributed by atoms with Crippen molar-refractivity contribution >= 4 is 28.9 Å². The van der Waals surface area contributed by atoms with Crippen molar-refractivity contribution < 1.29 is 0 Å². The average molecular weight is 271 g/mol. The zero-order chi connectivity index (χ0) is 12.4. The minimum absolute atomic E-state index is 0. The maximum Gasteiger partial charge on any atom is 0.0433 e. The monoisotopic (exact) mass is 270 g/mol. The highest BCUT2D eigenvalue weighted by Crippen LogP contribution is 2.30. The number of fused-ring (bicyclic) bond motifs is 1. The molecule has 0 unspecified atom stereocenters. The van der Waals surface area contributed by atoms with Crippen LogP contribution in [0.15, 0.2) is 60.9 Å². The minimum Gasteiger partial charge on any atom is -0.388 e. The summed E-state index contributed by atoms with van der Waals surface area (Å²) in [5, 5.41) is 5.59. The Morgan fingerprint density at radius 2 is 1.63 bits per heavy atom. The zero-order valence-corrected chi connectivity index (χ0v) is 11.4. The summed E-state index contributed by atoms with van der Waals surface area (Å²) in [6, 6.07) is 16.6. The van der Waals surface area contributed by atoms with Crippen LogP contribution in [0.25, 0.3) is 21.9 Å². The van der Waals surface area contributed by atoms with Crippen LogP contribution in [0, 0.1) is 0 Å². The minimum atomic E-state index is 0. The van der Waals surface area contributed by atoms with Gasteiger partial charge in [-0.1, -0.05) is 42.5 Å². The van der Waals surface area contributed by atoms with E-state index in [1.165, 1.54) is 16.5 Å². The molecule has 0 aliphatic carbocycles. The van der Waals surface area contributed by atoms with Crippen LogP contribution in [0.5, 0.6) is 0 Å². The molecule has 2 nitrogen and oxygen atoms in total. The van der Waals surface area contributed by atoms with Crippen LogP contribution >= 0.6 is 12.4 Å². The van der Waals surface area contributed by atoms with E-state index < -0.39 is 0 Å². The lowest BCUT2D eigenvalue weighted by Crippen LogP contribution is -1.91. The molecule has 0 radical (unpaired) electrons. The van der Waals surface area contributed by atoms with Crippen LogP contribution in [0.4, 0.5) is 5.69 Å². The molecule has 3 heteroatoms. The number of anilines is 1. The molecule has 3 aromatic rings. The van der Waals surface area contributed by atoms with Crippen molar-refractivity contribution in [2.75, 3.05) is 12.4 Å². The van der Waals surface area contributed by atoms with Crippen molar-refractivity contribution in [2.24, 2.45) is 0 Å². The molecule has 0 atom stereocenters. The Morgan fingerprint density at radius 3 is 2.37 bits per heavy atom. The SMILES string of the molecule is CNc1cccc2c(-c3ccccc3)cncc12.Cl. The van der Waals surface area contributed by atoms with E-state index in [-0.39, 0.29) is 12.4 Å². The van der Waals surface area contributed by atoms with E-state index in [0.717, 1.165) is 11.1 Å². The molecule has 1 heterocycles. The summed E-state index contributed by atoms with van der Waals surface area (Å²) in [4.78, 5) is 4.36. The first kappa shape index (κ1) is 13.4. The molecule has 0 aliphatic heterocycles. The second-order valence-electron chi connectivity index (χ2n) is 4.20. The van der Waals surface area contributed by atoms with Gasteiger partial charge in [-0.15, -0.1) is 12.4 Å². The van der Waals surface area contributed by atoms with Crippen LogP contribution in [0.1, 0.15) is 0 Å². The molecule has 3 rings (SSSR count). The number of nitrogens with one attached hydrogen (secondary N) is 1. The van der Waals surface area contributed by atoms with Crippen LogP contribution in [-0.2, 0) is 0 Å². The number of hydrogen-bond acceptors (Lipinski definition) is 2. The molecule has 0 amide bonds. The van der Waals surface area contributed by atoms with E-state index in [1.807, 2.05) is 25.5 Å². The first-order valence-electron chi connectivity index (χ1n) is 6.00. The van der Waals surface area contributed by atoms with Crippen LogP contribution in [-0.4, -0.2) is 12.0 Å². The van der Waals surface area contributed by atoms with Gasteiger partial charge in [0.1, 0.15) is 0 Å². The van der Waals surface area contributed by atoms with Crippen LogP contribution < -0.4 is 5.32 Å². The van der Waals surface area contributed by atoms with Gasteiger partial charge >= 0.3 is 0 Å². The fraction of sp³-hybridized carbons (Fsp3) is 0.0625. The lowest BCUT2D eigenvalue weighted by Gasteiger charge is -2.09. The largest absolute Gasteiger partial charge is 0.388 e. The Kier molecular flexibility index (Phi) is 4.03. The van der Waals surface area contributed by atoms with Crippen molar-refractivity contribution in [3.8, 4) is 11.1 Å². The Balaban J connectivity index is 0.00000133. The second kappa shape index (κ2) is 5.72. The fourth-order valence-corrected chi connectivity index (χ4v) is 2.26. The third-order valence-corrected chi connectivity index (χ3v) is 3.16. The van der Waals surface area contributed by atoms with Crippen molar-refractivity contribution in [3.05, 3.63) is 60.9 Å². The number of aromatic nitrogens is 1. The van der Waals surface area contributed by atoms with Gasteiger partial charge in [0.2, 0.25) is 0 Å². The van der Waals surface area contributed by atoms with Crippen molar-refractivity contribution in [3.63, 3.8) is 0 Å². The van der Waals surface area contributed by atoms with Crippen molar-refractivity contribution in [2.45, 2.75) is 0 Å². The number of pyridine rings is 1. The lowest BCUT2D eigenvalue weighted by atomic mass is 10.0. The first-order valence-corrected chi connectivity index (χ1v) is 6.00.